The molecule has 0 aliphatic heterocycles. The topological polar surface area (TPSA) is 54.3 Å². The van der Waals surface area contributed by atoms with E-state index in [2.05, 4.69) is 33.5 Å². The molecule has 1 aromatic heterocycles. The fourth-order valence-corrected chi connectivity index (χ4v) is 2.28. The van der Waals surface area contributed by atoms with Crippen LogP contribution in [0.4, 0.5) is 0 Å². The number of rotatable bonds is 6. The van der Waals surface area contributed by atoms with E-state index in [0.717, 1.165) is 29.4 Å². The summed E-state index contributed by atoms with van der Waals surface area (Å²) in [6.07, 6.45) is 0.906. The number of fused-ring (bicyclic) bond motifs is 1. The summed E-state index contributed by atoms with van der Waals surface area (Å²) in [5.41, 5.74) is 0.709. The molecule has 2 N–H and O–H groups in total. The van der Waals surface area contributed by atoms with E-state index in [0.29, 0.717) is 17.9 Å². The Labute approximate surface area is 120 Å². The molecule has 1 aromatic carbocycles. The van der Waals surface area contributed by atoms with E-state index < -0.39 is 0 Å². The summed E-state index contributed by atoms with van der Waals surface area (Å²) >= 11 is 3.41. The molecule has 1 amide bonds. The number of furan rings is 1. The Hall–Kier alpha value is -1.33. The molecule has 0 spiro atoms. The van der Waals surface area contributed by atoms with Crippen molar-refractivity contribution in [3.05, 3.63) is 34.5 Å². The first kappa shape index (κ1) is 14.1. The van der Waals surface area contributed by atoms with E-state index >= 15 is 0 Å². The Morgan fingerprint density at radius 1 is 1.37 bits per heavy atom. The number of para-hydroxylation sites is 1. The number of nitrogens with one attached hydrogen (secondary N) is 2. The molecule has 0 saturated carbocycles. The molecule has 0 unspecified atom stereocenters. The fraction of sp³-hybridized carbons (Fsp3) is 0.357. The lowest BCUT2D eigenvalue weighted by molar-refractivity contribution is 0.0927. The van der Waals surface area contributed by atoms with Crippen LogP contribution in [0.5, 0.6) is 0 Å². The highest BCUT2D eigenvalue weighted by molar-refractivity contribution is 9.10. The lowest BCUT2D eigenvalue weighted by Crippen LogP contribution is -2.26. The van der Waals surface area contributed by atoms with Gasteiger partial charge in [-0.1, -0.05) is 19.1 Å². The summed E-state index contributed by atoms with van der Waals surface area (Å²) in [4.78, 5) is 11.9. The predicted octanol–water partition coefficient (Wildman–Crippen LogP) is 2.92. The van der Waals surface area contributed by atoms with Crippen LogP contribution in [0.2, 0.25) is 0 Å². The number of halogens is 1. The van der Waals surface area contributed by atoms with E-state index in [-0.39, 0.29) is 5.91 Å². The summed E-state index contributed by atoms with van der Waals surface area (Å²) in [6, 6.07) is 7.50. The quantitative estimate of drug-likeness (QED) is 0.803. The van der Waals surface area contributed by atoms with Crippen molar-refractivity contribution in [3.63, 3.8) is 0 Å². The second-order valence-electron chi connectivity index (χ2n) is 4.23. The van der Waals surface area contributed by atoms with Crippen LogP contribution in [0.3, 0.4) is 0 Å². The van der Waals surface area contributed by atoms with E-state index in [1.165, 1.54) is 0 Å². The third-order valence-electron chi connectivity index (χ3n) is 2.79. The van der Waals surface area contributed by atoms with Gasteiger partial charge in [-0.15, -0.1) is 0 Å². The maximum atomic E-state index is 11.9. The third-order valence-corrected chi connectivity index (χ3v) is 3.41. The van der Waals surface area contributed by atoms with E-state index in [1.54, 1.807) is 6.07 Å². The zero-order chi connectivity index (χ0) is 13.7. The first-order chi connectivity index (χ1) is 9.22. The zero-order valence-electron chi connectivity index (χ0n) is 10.8. The second kappa shape index (κ2) is 6.73. The van der Waals surface area contributed by atoms with Crippen molar-refractivity contribution in [1.82, 2.24) is 10.6 Å². The van der Waals surface area contributed by atoms with Crippen molar-refractivity contribution in [2.75, 3.05) is 19.6 Å². The molecule has 5 heteroatoms. The van der Waals surface area contributed by atoms with Crippen LogP contribution in [0.1, 0.15) is 23.9 Å². The molecule has 2 rings (SSSR count). The average Bonchev–Trinajstić information content (AvgIpc) is 2.84. The highest BCUT2D eigenvalue weighted by atomic mass is 79.9. The molecule has 0 fully saturated rings. The van der Waals surface area contributed by atoms with Gasteiger partial charge in [0.05, 0.1) is 4.47 Å². The van der Waals surface area contributed by atoms with Crippen LogP contribution in [0.25, 0.3) is 11.0 Å². The number of carbonyl (C=O) groups is 1. The molecule has 1 heterocycles. The van der Waals surface area contributed by atoms with Crippen molar-refractivity contribution in [2.24, 2.45) is 0 Å². The molecule has 0 bridgehead atoms. The SMILES string of the molecule is CCNCCCNC(=O)c1cc2cccc(Br)c2o1. The van der Waals surface area contributed by atoms with Gasteiger partial charge >= 0.3 is 0 Å². The number of hydrogen-bond donors (Lipinski definition) is 2. The van der Waals surface area contributed by atoms with Crippen LogP contribution in [0.15, 0.2) is 33.2 Å². The highest BCUT2D eigenvalue weighted by Crippen LogP contribution is 2.26. The predicted molar refractivity (Wildman–Crippen MR) is 79.4 cm³/mol. The smallest absolute Gasteiger partial charge is 0.287 e. The van der Waals surface area contributed by atoms with Gasteiger partial charge in [-0.05, 0) is 47.6 Å². The third kappa shape index (κ3) is 3.58. The van der Waals surface area contributed by atoms with E-state index in [9.17, 15) is 4.79 Å². The van der Waals surface area contributed by atoms with Gasteiger partial charge in [0.2, 0.25) is 0 Å². The number of carbonyl (C=O) groups excluding carboxylic acids is 1. The molecule has 0 saturated heterocycles. The average molecular weight is 325 g/mol. The molecular weight excluding hydrogens is 308 g/mol. The van der Waals surface area contributed by atoms with Gasteiger partial charge in [0.1, 0.15) is 5.58 Å². The van der Waals surface area contributed by atoms with Crippen LogP contribution in [-0.2, 0) is 0 Å². The molecule has 2 aromatic rings. The van der Waals surface area contributed by atoms with Crippen LogP contribution in [-0.4, -0.2) is 25.5 Å². The van der Waals surface area contributed by atoms with Gasteiger partial charge in [0.25, 0.3) is 5.91 Å². The summed E-state index contributed by atoms with van der Waals surface area (Å²) in [5, 5.41) is 6.98. The minimum Gasteiger partial charge on any atom is -0.450 e. The standard InChI is InChI=1S/C14H17BrN2O2/c1-2-16-7-4-8-17-14(18)12-9-10-5-3-6-11(15)13(10)19-12/h3,5-6,9,16H,2,4,7-8H2,1H3,(H,17,18). The summed E-state index contributed by atoms with van der Waals surface area (Å²) < 4.78 is 6.42. The van der Waals surface area contributed by atoms with Gasteiger partial charge in [0.15, 0.2) is 5.76 Å². The first-order valence-corrected chi connectivity index (χ1v) is 7.18. The number of hydrogen-bond acceptors (Lipinski definition) is 3. The molecule has 0 aliphatic rings. The van der Waals surface area contributed by atoms with Gasteiger partial charge in [-0.2, -0.15) is 0 Å². The monoisotopic (exact) mass is 324 g/mol. The minimum atomic E-state index is -0.167. The van der Waals surface area contributed by atoms with Crippen molar-refractivity contribution in [2.45, 2.75) is 13.3 Å². The molecule has 0 radical (unpaired) electrons. The van der Waals surface area contributed by atoms with Gasteiger partial charge < -0.3 is 15.1 Å². The molecule has 0 aliphatic carbocycles. The number of benzene rings is 1. The van der Waals surface area contributed by atoms with Crippen LogP contribution in [0, 0.1) is 0 Å². The van der Waals surface area contributed by atoms with Crippen molar-refractivity contribution in [1.29, 1.82) is 0 Å². The Morgan fingerprint density at radius 2 is 2.21 bits per heavy atom. The van der Waals surface area contributed by atoms with Crippen LogP contribution < -0.4 is 10.6 Å². The Morgan fingerprint density at radius 3 is 2.95 bits per heavy atom. The molecule has 0 atom stereocenters. The van der Waals surface area contributed by atoms with E-state index in [1.807, 2.05) is 18.2 Å². The summed E-state index contributed by atoms with van der Waals surface area (Å²) in [7, 11) is 0. The Bertz CT molecular complexity index is 566. The van der Waals surface area contributed by atoms with Crippen molar-refractivity contribution < 1.29 is 9.21 Å². The lowest BCUT2D eigenvalue weighted by Gasteiger charge is -2.03. The minimum absolute atomic E-state index is 0.167. The van der Waals surface area contributed by atoms with Gasteiger partial charge in [-0.25, -0.2) is 0 Å². The summed E-state index contributed by atoms with van der Waals surface area (Å²) in [5.74, 6) is 0.185. The Balaban J connectivity index is 1.96. The fourth-order valence-electron chi connectivity index (χ4n) is 1.82. The number of amides is 1. The molecular formula is C14H17BrN2O2. The lowest BCUT2D eigenvalue weighted by atomic mass is 10.2. The second-order valence-corrected chi connectivity index (χ2v) is 5.09. The molecule has 19 heavy (non-hydrogen) atoms. The maximum Gasteiger partial charge on any atom is 0.287 e. The maximum absolute atomic E-state index is 11.9. The molecule has 102 valence electrons. The highest BCUT2D eigenvalue weighted by Gasteiger charge is 2.12. The Kier molecular flexibility index (Phi) is 4.99. The van der Waals surface area contributed by atoms with Gasteiger partial charge in [0, 0.05) is 11.9 Å². The van der Waals surface area contributed by atoms with Gasteiger partial charge in [-0.3, -0.25) is 4.79 Å². The van der Waals surface area contributed by atoms with Crippen LogP contribution >= 0.6 is 15.9 Å². The van der Waals surface area contributed by atoms with E-state index in [4.69, 9.17) is 4.42 Å². The van der Waals surface area contributed by atoms with Crippen molar-refractivity contribution in [3.8, 4) is 0 Å². The summed E-state index contributed by atoms with van der Waals surface area (Å²) in [6.45, 7) is 4.56. The normalized spacial score (nSPS) is 10.8. The first-order valence-electron chi connectivity index (χ1n) is 6.39. The largest absolute Gasteiger partial charge is 0.450 e. The zero-order valence-corrected chi connectivity index (χ0v) is 12.4. The molecule has 4 nitrogen and oxygen atoms in total. The van der Waals surface area contributed by atoms with Crippen molar-refractivity contribution >= 4 is 32.8 Å².